The van der Waals surface area contributed by atoms with Gasteiger partial charge in [0.15, 0.2) is 0 Å². The predicted molar refractivity (Wildman–Crippen MR) is 129 cm³/mol. The van der Waals surface area contributed by atoms with E-state index in [2.05, 4.69) is 47.8 Å². The van der Waals surface area contributed by atoms with Gasteiger partial charge in [0.25, 0.3) is 0 Å². The first-order valence-corrected chi connectivity index (χ1v) is 12.3. The van der Waals surface area contributed by atoms with Gasteiger partial charge in [-0.05, 0) is 99.9 Å². The minimum Gasteiger partial charge on any atom is -0.493 e. The number of benzene rings is 2. The van der Waals surface area contributed by atoms with Gasteiger partial charge >= 0.3 is 0 Å². The van der Waals surface area contributed by atoms with Crippen molar-refractivity contribution in [1.82, 2.24) is 5.32 Å². The maximum Gasteiger partial charge on any atom is 0.122 e. The van der Waals surface area contributed by atoms with Crippen molar-refractivity contribution in [2.24, 2.45) is 23.5 Å². The van der Waals surface area contributed by atoms with Crippen LogP contribution in [0.25, 0.3) is 0 Å². The molecular weight excluding hydrogens is 380 g/mol. The number of hydrogen-bond acceptors (Lipinski definition) is 3. The van der Waals surface area contributed by atoms with E-state index in [4.69, 9.17) is 10.5 Å². The third-order valence-corrected chi connectivity index (χ3v) is 7.37. The van der Waals surface area contributed by atoms with Gasteiger partial charge in [0, 0.05) is 12.0 Å². The molecule has 4 aliphatic carbocycles. The summed E-state index contributed by atoms with van der Waals surface area (Å²) in [6.07, 6.45) is 11.7. The normalized spacial score (nSPS) is 28.1. The van der Waals surface area contributed by atoms with E-state index < -0.39 is 0 Å². The molecule has 3 heteroatoms. The molecule has 6 rings (SSSR count). The van der Waals surface area contributed by atoms with Crippen molar-refractivity contribution in [2.45, 2.75) is 63.3 Å². The summed E-state index contributed by atoms with van der Waals surface area (Å²) in [5.41, 5.74) is 9.20. The molecule has 0 saturated heterocycles. The number of nitrogens with two attached hydrogens (primary N) is 1. The average Bonchev–Trinajstić information content (AvgIpc) is 2.74. The SMILES string of the molecule is CNCCCCOc1ccccc1Cc1ccccc1.NC12CC3CC(CC(C3)C1)C2. The van der Waals surface area contributed by atoms with E-state index in [9.17, 15) is 0 Å². The molecule has 168 valence electrons. The molecule has 2 aromatic rings. The quantitative estimate of drug-likeness (QED) is 0.549. The molecule has 0 heterocycles. The van der Waals surface area contributed by atoms with Crippen molar-refractivity contribution < 1.29 is 4.74 Å². The second-order valence-corrected chi connectivity index (χ2v) is 10.2. The second-order valence-electron chi connectivity index (χ2n) is 10.2. The molecule has 0 spiro atoms. The monoisotopic (exact) mass is 420 g/mol. The Labute approximate surface area is 188 Å². The Hall–Kier alpha value is -1.84. The van der Waals surface area contributed by atoms with Gasteiger partial charge in [-0.3, -0.25) is 0 Å². The number of hydrogen-bond donors (Lipinski definition) is 2. The Kier molecular flexibility index (Phi) is 7.68. The summed E-state index contributed by atoms with van der Waals surface area (Å²) >= 11 is 0. The van der Waals surface area contributed by atoms with Crippen LogP contribution in [0.1, 0.15) is 62.5 Å². The summed E-state index contributed by atoms with van der Waals surface area (Å²) < 4.78 is 5.93. The highest BCUT2D eigenvalue weighted by molar-refractivity contribution is 5.37. The van der Waals surface area contributed by atoms with E-state index in [1.165, 1.54) is 49.7 Å². The first kappa shape index (κ1) is 22.4. The molecule has 4 saturated carbocycles. The number of rotatable bonds is 8. The van der Waals surface area contributed by atoms with E-state index in [1.54, 1.807) is 0 Å². The van der Waals surface area contributed by atoms with E-state index in [1.807, 2.05) is 19.2 Å². The lowest BCUT2D eigenvalue weighted by molar-refractivity contribution is 0.000365. The summed E-state index contributed by atoms with van der Waals surface area (Å²) in [5.74, 6) is 4.07. The van der Waals surface area contributed by atoms with Crippen molar-refractivity contribution in [3.63, 3.8) is 0 Å². The highest BCUT2D eigenvalue weighted by Gasteiger charge is 2.48. The Bertz CT molecular complexity index is 768. The van der Waals surface area contributed by atoms with Crippen LogP contribution < -0.4 is 15.8 Å². The van der Waals surface area contributed by atoms with Crippen LogP contribution in [-0.2, 0) is 6.42 Å². The first-order chi connectivity index (χ1) is 15.1. The lowest BCUT2D eigenvalue weighted by Crippen LogP contribution is -2.55. The fourth-order valence-electron chi connectivity index (χ4n) is 6.37. The standard InChI is InChI=1S/C18H23NO.C10H17N/c1-19-13-7-8-14-20-18-12-6-5-11-17(18)15-16-9-3-2-4-10-16;11-10-4-7-1-8(5-10)3-9(2-7)6-10/h2-6,9-12,19H,7-8,13-15H2,1H3;7-9H,1-6,11H2. The lowest BCUT2D eigenvalue weighted by Gasteiger charge is -2.55. The highest BCUT2D eigenvalue weighted by Crippen LogP contribution is 2.54. The van der Waals surface area contributed by atoms with E-state index in [0.29, 0.717) is 5.54 Å². The van der Waals surface area contributed by atoms with Crippen LogP contribution in [0.2, 0.25) is 0 Å². The largest absolute Gasteiger partial charge is 0.493 e. The van der Waals surface area contributed by atoms with Crippen LogP contribution in [0.5, 0.6) is 5.75 Å². The third kappa shape index (κ3) is 6.33. The second kappa shape index (κ2) is 10.7. The lowest BCUT2D eigenvalue weighted by atomic mass is 9.53. The fraction of sp³-hybridized carbons (Fsp3) is 0.571. The molecule has 0 aromatic heterocycles. The molecule has 0 atom stereocenters. The van der Waals surface area contributed by atoms with Crippen LogP contribution in [0, 0.1) is 17.8 Å². The molecule has 4 bridgehead atoms. The summed E-state index contributed by atoms with van der Waals surface area (Å²) in [5, 5.41) is 3.15. The van der Waals surface area contributed by atoms with Gasteiger partial charge in [0.05, 0.1) is 6.61 Å². The molecule has 3 N–H and O–H groups in total. The maximum atomic E-state index is 6.32. The Morgan fingerprint density at radius 3 is 2.10 bits per heavy atom. The minimum atomic E-state index is 0.300. The van der Waals surface area contributed by atoms with Gasteiger partial charge in [-0.25, -0.2) is 0 Å². The molecule has 4 fully saturated rings. The summed E-state index contributed by atoms with van der Waals surface area (Å²) in [4.78, 5) is 0. The first-order valence-electron chi connectivity index (χ1n) is 12.3. The van der Waals surface area contributed by atoms with Gasteiger partial charge in [-0.1, -0.05) is 48.5 Å². The Morgan fingerprint density at radius 1 is 0.871 bits per heavy atom. The molecule has 0 aliphatic heterocycles. The zero-order chi connectivity index (χ0) is 21.5. The molecule has 31 heavy (non-hydrogen) atoms. The number of para-hydroxylation sites is 1. The summed E-state index contributed by atoms with van der Waals surface area (Å²) in [7, 11) is 1.98. The van der Waals surface area contributed by atoms with Gasteiger partial charge in [0.2, 0.25) is 0 Å². The average molecular weight is 421 g/mol. The maximum absolute atomic E-state index is 6.32. The predicted octanol–water partition coefficient (Wildman–Crippen LogP) is 5.57. The molecule has 0 amide bonds. The zero-order valence-electron chi connectivity index (χ0n) is 19.2. The molecule has 0 radical (unpaired) electrons. The molecular formula is C28H40N2O. The van der Waals surface area contributed by atoms with Gasteiger partial charge in [-0.15, -0.1) is 0 Å². The van der Waals surface area contributed by atoms with E-state index in [-0.39, 0.29) is 0 Å². The smallest absolute Gasteiger partial charge is 0.122 e. The number of ether oxygens (including phenoxy) is 1. The van der Waals surface area contributed by atoms with Gasteiger partial charge in [-0.2, -0.15) is 0 Å². The molecule has 4 aliphatic rings. The number of nitrogens with one attached hydrogen (secondary N) is 1. The van der Waals surface area contributed by atoms with Crippen molar-refractivity contribution in [3.05, 3.63) is 65.7 Å². The van der Waals surface area contributed by atoms with E-state index in [0.717, 1.165) is 55.9 Å². The molecule has 3 nitrogen and oxygen atoms in total. The van der Waals surface area contributed by atoms with E-state index >= 15 is 0 Å². The molecule has 2 aromatic carbocycles. The van der Waals surface area contributed by atoms with Crippen molar-refractivity contribution in [1.29, 1.82) is 0 Å². The fourth-order valence-corrected chi connectivity index (χ4v) is 6.37. The third-order valence-electron chi connectivity index (χ3n) is 7.37. The molecule has 0 unspecified atom stereocenters. The summed E-state index contributed by atoms with van der Waals surface area (Å²) in [6.45, 7) is 1.84. The minimum absolute atomic E-state index is 0.300. The van der Waals surface area contributed by atoms with Crippen molar-refractivity contribution in [2.75, 3.05) is 20.2 Å². The number of unbranched alkanes of at least 4 members (excludes halogenated alkanes) is 1. The highest BCUT2D eigenvalue weighted by atomic mass is 16.5. The Balaban J connectivity index is 0.000000174. The van der Waals surface area contributed by atoms with Crippen LogP contribution in [-0.4, -0.2) is 25.7 Å². The van der Waals surface area contributed by atoms with Gasteiger partial charge < -0.3 is 15.8 Å². The van der Waals surface area contributed by atoms with Crippen molar-refractivity contribution >= 4 is 0 Å². The Morgan fingerprint density at radius 2 is 1.48 bits per heavy atom. The van der Waals surface area contributed by atoms with Crippen LogP contribution in [0.3, 0.4) is 0 Å². The topological polar surface area (TPSA) is 47.3 Å². The van der Waals surface area contributed by atoms with Crippen LogP contribution in [0.15, 0.2) is 54.6 Å². The van der Waals surface area contributed by atoms with Crippen LogP contribution >= 0.6 is 0 Å². The zero-order valence-corrected chi connectivity index (χ0v) is 19.2. The van der Waals surface area contributed by atoms with Crippen LogP contribution in [0.4, 0.5) is 0 Å². The van der Waals surface area contributed by atoms with Gasteiger partial charge in [0.1, 0.15) is 5.75 Å². The van der Waals surface area contributed by atoms with Crippen molar-refractivity contribution in [3.8, 4) is 5.75 Å². The summed E-state index contributed by atoms with van der Waals surface area (Å²) in [6, 6.07) is 18.9.